The van der Waals surface area contributed by atoms with E-state index < -0.39 is 0 Å². The first-order valence-corrected chi connectivity index (χ1v) is 9.60. The van der Waals surface area contributed by atoms with Gasteiger partial charge in [-0.15, -0.1) is 0 Å². The minimum atomic E-state index is -0.327. The molecular weight excluding hydrogens is 369 g/mol. The average Bonchev–Trinajstić information content (AvgIpc) is 2.75. The molecule has 3 aromatic rings. The lowest BCUT2D eigenvalue weighted by molar-refractivity contribution is 0.0951. The molecule has 0 saturated heterocycles. The Kier molecular flexibility index (Phi) is 6.79. The van der Waals surface area contributed by atoms with E-state index in [2.05, 4.69) is 29.0 Å². The fraction of sp³-hybridized carbons (Fsp3) is 0.217. The topological polar surface area (TPSA) is 54.5 Å². The zero-order valence-corrected chi connectivity index (χ0v) is 16.6. The van der Waals surface area contributed by atoms with Gasteiger partial charge < -0.3 is 15.0 Å². The van der Waals surface area contributed by atoms with Crippen LogP contribution in [0.25, 0.3) is 0 Å². The largest absolute Gasteiger partial charge is 0.439 e. The number of ether oxygens (including phenoxy) is 1. The molecule has 1 aromatic heterocycles. The quantitative estimate of drug-likeness (QED) is 0.598. The van der Waals surface area contributed by atoms with Crippen molar-refractivity contribution >= 4 is 11.6 Å². The Hall–Kier alpha value is -3.41. The van der Waals surface area contributed by atoms with Crippen LogP contribution < -0.4 is 15.0 Å². The van der Waals surface area contributed by atoms with E-state index in [1.165, 1.54) is 24.3 Å². The van der Waals surface area contributed by atoms with Gasteiger partial charge in [-0.3, -0.25) is 4.79 Å². The summed E-state index contributed by atoms with van der Waals surface area (Å²) >= 11 is 0. The molecule has 150 valence electrons. The fourth-order valence-electron chi connectivity index (χ4n) is 2.94. The fourth-order valence-corrected chi connectivity index (χ4v) is 2.94. The lowest BCUT2D eigenvalue weighted by atomic mass is 10.1. The highest BCUT2D eigenvalue weighted by atomic mass is 19.1. The van der Waals surface area contributed by atoms with Crippen molar-refractivity contribution in [1.29, 1.82) is 0 Å². The second kappa shape index (κ2) is 9.68. The van der Waals surface area contributed by atoms with Crippen LogP contribution in [0, 0.1) is 5.82 Å². The normalized spacial score (nSPS) is 10.4. The molecule has 0 aliphatic carbocycles. The number of pyridine rings is 1. The lowest BCUT2D eigenvalue weighted by Crippen LogP contribution is -2.24. The average molecular weight is 393 g/mol. The zero-order chi connectivity index (χ0) is 20.6. The molecule has 0 saturated carbocycles. The van der Waals surface area contributed by atoms with Crippen LogP contribution in [0.2, 0.25) is 0 Å². The molecule has 1 N–H and O–H groups in total. The number of rotatable bonds is 8. The van der Waals surface area contributed by atoms with Gasteiger partial charge in [0.25, 0.3) is 5.91 Å². The number of hydrogen-bond donors (Lipinski definition) is 1. The van der Waals surface area contributed by atoms with Crippen LogP contribution in [0.4, 0.5) is 10.1 Å². The molecule has 0 unspecified atom stereocenters. The summed E-state index contributed by atoms with van der Waals surface area (Å²) in [5.74, 6) is 0.404. The maximum atomic E-state index is 13.0. The van der Waals surface area contributed by atoms with Crippen LogP contribution in [0.15, 0.2) is 66.9 Å². The molecule has 1 heterocycles. The van der Waals surface area contributed by atoms with Crippen LogP contribution in [-0.2, 0) is 6.54 Å². The maximum absolute atomic E-state index is 13.0. The predicted octanol–water partition coefficient (Wildman–Crippen LogP) is 4.79. The third kappa shape index (κ3) is 5.54. The van der Waals surface area contributed by atoms with Gasteiger partial charge in [-0.1, -0.05) is 0 Å². The molecule has 0 fully saturated rings. The van der Waals surface area contributed by atoms with E-state index in [-0.39, 0.29) is 11.7 Å². The Balaban J connectivity index is 1.59. The number of amides is 1. The molecule has 2 aromatic carbocycles. The van der Waals surface area contributed by atoms with Crippen LogP contribution >= 0.6 is 0 Å². The highest BCUT2D eigenvalue weighted by Gasteiger charge is 2.08. The van der Waals surface area contributed by atoms with Gasteiger partial charge in [-0.05, 0) is 74.0 Å². The smallest absolute Gasteiger partial charge is 0.251 e. The third-order valence-electron chi connectivity index (χ3n) is 4.55. The number of aromatic nitrogens is 1. The van der Waals surface area contributed by atoms with Crippen LogP contribution in [0.1, 0.15) is 29.8 Å². The van der Waals surface area contributed by atoms with E-state index >= 15 is 0 Å². The van der Waals surface area contributed by atoms with Crippen molar-refractivity contribution < 1.29 is 13.9 Å². The molecule has 6 heteroatoms. The minimum Gasteiger partial charge on any atom is -0.439 e. The summed E-state index contributed by atoms with van der Waals surface area (Å²) in [5.41, 5.74) is 2.56. The summed E-state index contributed by atoms with van der Waals surface area (Å²) in [6, 6.07) is 16.9. The number of benzene rings is 2. The van der Waals surface area contributed by atoms with Gasteiger partial charge >= 0.3 is 0 Å². The van der Waals surface area contributed by atoms with Crippen LogP contribution in [0.5, 0.6) is 11.6 Å². The summed E-state index contributed by atoms with van der Waals surface area (Å²) in [6.07, 6.45) is 1.61. The predicted molar refractivity (Wildman–Crippen MR) is 112 cm³/mol. The molecule has 0 bridgehead atoms. The number of anilines is 1. The Morgan fingerprint density at radius 3 is 2.38 bits per heavy atom. The molecule has 0 aliphatic rings. The molecule has 3 rings (SSSR count). The van der Waals surface area contributed by atoms with Gasteiger partial charge in [0.05, 0.1) is 0 Å². The summed E-state index contributed by atoms with van der Waals surface area (Å²) in [4.78, 5) is 18.8. The van der Waals surface area contributed by atoms with Crippen molar-refractivity contribution in [3.05, 3.63) is 83.8 Å². The van der Waals surface area contributed by atoms with Crippen molar-refractivity contribution in [2.45, 2.75) is 20.4 Å². The summed E-state index contributed by atoms with van der Waals surface area (Å²) in [5, 5.41) is 2.90. The van der Waals surface area contributed by atoms with Crippen molar-refractivity contribution in [3.8, 4) is 11.6 Å². The van der Waals surface area contributed by atoms with E-state index in [0.717, 1.165) is 24.3 Å². The van der Waals surface area contributed by atoms with Gasteiger partial charge in [0.2, 0.25) is 5.88 Å². The van der Waals surface area contributed by atoms with Crippen molar-refractivity contribution in [2.75, 3.05) is 18.0 Å². The van der Waals surface area contributed by atoms with E-state index in [9.17, 15) is 9.18 Å². The lowest BCUT2D eigenvalue weighted by Gasteiger charge is -2.21. The monoisotopic (exact) mass is 393 g/mol. The van der Waals surface area contributed by atoms with Gasteiger partial charge in [-0.2, -0.15) is 0 Å². The Bertz CT molecular complexity index is 939. The van der Waals surface area contributed by atoms with E-state index in [1.54, 1.807) is 18.3 Å². The Morgan fingerprint density at radius 1 is 1.03 bits per heavy atom. The number of carbonyl (C=O) groups excluding carboxylic acids is 1. The molecular formula is C23H24FN3O2. The molecule has 5 nitrogen and oxygen atoms in total. The summed E-state index contributed by atoms with van der Waals surface area (Å²) in [7, 11) is 0. The van der Waals surface area contributed by atoms with E-state index in [4.69, 9.17) is 4.74 Å². The highest BCUT2D eigenvalue weighted by Crippen LogP contribution is 2.20. The van der Waals surface area contributed by atoms with Crippen molar-refractivity contribution in [1.82, 2.24) is 10.3 Å². The number of carbonyl (C=O) groups is 1. The molecule has 0 spiro atoms. The molecule has 1 amide bonds. The molecule has 0 aliphatic heterocycles. The maximum Gasteiger partial charge on any atom is 0.251 e. The van der Waals surface area contributed by atoms with Crippen molar-refractivity contribution in [3.63, 3.8) is 0 Å². The molecule has 0 radical (unpaired) electrons. The second-order valence-corrected chi connectivity index (χ2v) is 6.46. The standard InChI is InChI=1S/C23H24FN3O2/c1-3-27(4-2)20-9-5-18(6-10-20)23(28)26-16-17-13-14-25-22(15-17)29-21-11-7-19(24)8-12-21/h5-15H,3-4,16H2,1-2H3,(H,26,28). The van der Waals surface area contributed by atoms with E-state index in [0.29, 0.717) is 23.7 Å². The van der Waals surface area contributed by atoms with Crippen molar-refractivity contribution in [2.24, 2.45) is 0 Å². The van der Waals surface area contributed by atoms with Gasteiger partial charge in [0.1, 0.15) is 11.6 Å². The first kappa shape index (κ1) is 20.3. The van der Waals surface area contributed by atoms with Crippen LogP contribution in [0.3, 0.4) is 0 Å². The minimum absolute atomic E-state index is 0.145. The molecule has 29 heavy (non-hydrogen) atoms. The number of halogens is 1. The highest BCUT2D eigenvalue weighted by molar-refractivity contribution is 5.94. The number of nitrogens with one attached hydrogen (secondary N) is 1. The summed E-state index contributed by atoms with van der Waals surface area (Å²) < 4.78 is 18.6. The van der Waals surface area contributed by atoms with Crippen LogP contribution in [-0.4, -0.2) is 24.0 Å². The van der Waals surface area contributed by atoms with E-state index in [1.807, 2.05) is 24.3 Å². The first-order chi connectivity index (χ1) is 14.1. The Labute approximate surface area is 170 Å². The zero-order valence-electron chi connectivity index (χ0n) is 16.6. The SMILES string of the molecule is CCN(CC)c1ccc(C(=O)NCc2ccnc(Oc3ccc(F)cc3)c2)cc1. The van der Waals surface area contributed by atoms with Gasteiger partial charge in [0.15, 0.2) is 0 Å². The van der Waals surface area contributed by atoms with Gasteiger partial charge in [-0.25, -0.2) is 9.37 Å². The first-order valence-electron chi connectivity index (χ1n) is 9.60. The van der Waals surface area contributed by atoms with Gasteiger partial charge in [0, 0.05) is 43.1 Å². The second-order valence-electron chi connectivity index (χ2n) is 6.46. The third-order valence-corrected chi connectivity index (χ3v) is 4.55. The number of nitrogens with zero attached hydrogens (tertiary/aromatic N) is 2. The Morgan fingerprint density at radius 2 is 1.72 bits per heavy atom. The summed E-state index contributed by atoms with van der Waals surface area (Å²) in [6.45, 7) is 6.40. The number of hydrogen-bond acceptors (Lipinski definition) is 4. The molecule has 0 atom stereocenters.